The SMILES string of the molecule is CC(N)C1(c2ccccc2N2CC(=O)N(C)C(=O)C2)CC1. The van der Waals surface area contributed by atoms with Crippen molar-refractivity contribution >= 4 is 17.5 Å². The van der Waals surface area contributed by atoms with Crippen molar-refractivity contribution in [2.45, 2.75) is 31.2 Å². The second-order valence-electron chi connectivity index (χ2n) is 6.16. The van der Waals surface area contributed by atoms with Crippen LogP contribution in [0, 0.1) is 0 Å². The van der Waals surface area contributed by atoms with Crippen LogP contribution >= 0.6 is 0 Å². The molecule has 1 aliphatic heterocycles. The standard InChI is InChI=1S/C16H21N3O2/c1-11(17)16(7-8-16)12-5-3-4-6-13(12)19-9-14(20)18(2)15(21)10-19/h3-6,11H,7-10,17H2,1-2H3. The van der Waals surface area contributed by atoms with Gasteiger partial charge in [0.15, 0.2) is 0 Å². The lowest BCUT2D eigenvalue weighted by Crippen LogP contribution is -2.52. The first kappa shape index (κ1) is 14.1. The normalized spacial score (nSPS) is 22.4. The van der Waals surface area contributed by atoms with E-state index in [9.17, 15) is 9.59 Å². The molecular weight excluding hydrogens is 266 g/mol. The van der Waals surface area contributed by atoms with Crippen LogP contribution in [-0.4, -0.2) is 42.9 Å². The van der Waals surface area contributed by atoms with Crippen molar-refractivity contribution in [3.8, 4) is 0 Å². The van der Waals surface area contributed by atoms with Crippen molar-refractivity contribution in [3.05, 3.63) is 29.8 Å². The van der Waals surface area contributed by atoms with Crippen LogP contribution in [0.3, 0.4) is 0 Å². The third-order valence-corrected chi connectivity index (χ3v) is 4.84. The zero-order valence-electron chi connectivity index (χ0n) is 12.5. The van der Waals surface area contributed by atoms with Crippen LogP contribution in [0.2, 0.25) is 0 Å². The predicted molar refractivity (Wildman–Crippen MR) is 81.0 cm³/mol. The summed E-state index contributed by atoms with van der Waals surface area (Å²) in [4.78, 5) is 27.0. The number of hydrogen-bond donors (Lipinski definition) is 1. The van der Waals surface area contributed by atoms with E-state index in [1.54, 1.807) is 0 Å². The maximum Gasteiger partial charge on any atom is 0.248 e. The van der Waals surface area contributed by atoms with E-state index in [1.165, 1.54) is 17.5 Å². The Hall–Kier alpha value is -1.88. The molecule has 2 aliphatic rings. The van der Waals surface area contributed by atoms with Crippen molar-refractivity contribution in [2.24, 2.45) is 5.73 Å². The maximum absolute atomic E-state index is 11.9. The molecule has 0 bridgehead atoms. The van der Waals surface area contributed by atoms with Crippen LogP contribution in [-0.2, 0) is 15.0 Å². The molecule has 1 unspecified atom stereocenters. The van der Waals surface area contributed by atoms with Gasteiger partial charge >= 0.3 is 0 Å². The molecule has 112 valence electrons. The second-order valence-corrected chi connectivity index (χ2v) is 6.16. The summed E-state index contributed by atoms with van der Waals surface area (Å²) in [5, 5.41) is 0. The molecule has 3 rings (SSSR count). The van der Waals surface area contributed by atoms with Crippen LogP contribution in [0.25, 0.3) is 0 Å². The Morgan fingerprint density at radius 1 is 1.14 bits per heavy atom. The third-order valence-electron chi connectivity index (χ3n) is 4.84. The monoisotopic (exact) mass is 287 g/mol. The highest BCUT2D eigenvalue weighted by molar-refractivity contribution is 6.02. The zero-order chi connectivity index (χ0) is 15.2. The number of nitrogens with two attached hydrogens (primary N) is 1. The summed E-state index contributed by atoms with van der Waals surface area (Å²) in [5.74, 6) is -0.321. The minimum Gasteiger partial charge on any atom is -0.353 e. The van der Waals surface area contributed by atoms with Gasteiger partial charge in [0.1, 0.15) is 0 Å². The average Bonchev–Trinajstić information content (AvgIpc) is 3.26. The zero-order valence-corrected chi connectivity index (χ0v) is 12.5. The van der Waals surface area contributed by atoms with E-state index in [2.05, 4.69) is 6.07 Å². The molecule has 0 aromatic heterocycles. The molecule has 1 heterocycles. The van der Waals surface area contributed by atoms with Crippen LogP contribution in [0.4, 0.5) is 5.69 Å². The number of rotatable bonds is 3. The highest BCUT2D eigenvalue weighted by Gasteiger charge is 2.49. The number of para-hydroxylation sites is 1. The number of carbonyl (C=O) groups excluding carboxylic acids is 2. The number of hydrogen-bond acceptors (Lipinski definition) is 4. The van der Waals surface area contributed by atoms with E-state index in [0.29, 0.717) is 0 Å². The minimum atomic E-state index is -0.160. The van der Waals surface area contributed by atoms with E-state index in [0.717, 1.165) is 18.5 Å². The first-order valence-electron chi connectivity index (χ1n) is 7.35. The van der Waals surface area contributed by atoms with Gasteiger partial charge in [-0.1, -0.05) is 18.2 Å². The second kappa shape index (κ2) is 4.84. The van der Waals surface area contributed by atoms with Gasteiger partial charge in [-0.3, -0.25) is 14.5 Å². The molecule has 5 nitrogen and oxygen atoms in total. The molecular formula is C16H21N3O2. The fraction of sp³-hybridized carbons (Fsp3) is 0.500. The Kier molecular flexibility index (Phi) is 3.24. The Bertz CT molecular complexity index is 575. The van der Waals surface area contributed by atoms with Gasteiger partial charge in [0.2, 0.25) is 11.8 Å². The van der Waals surface area contributed by atoms with Crippen LogP contribution in [0.1, 0.15) is 25.3 Å². The fourth-order valence-corrected chi connectivity index (χ4v) is 3.18. The van der Waals surface area contributed by atoms with Gasteiger partial charge < -0.3 is 10.6 Å². The van der Waals surface area contributed by atoms with Gasteiger partial charge in [0.05, 0.1) is 13.1 Å². The van der Waals surface area contributed by atoms with Gasteiger partial charge in [0.25, 0.3) is 0 Å². The topological polar surface area (TPSA) is 66.6 Å². The van der Waals surface area contributed by atoms with E-state index >= 15 is 0 Å². The molecule has 1 aromatic carbocycles. The first-order valence-corrected chi connectivity index (χ1v) is 7.35. The quantitative estimate of drug-likeness (QED) is 0.838. The van der Waals surface area contributed by atoms with Gasteiger partial charge in [-0.25, -0.2) is 0 Å². The van der Waals surface area contributed by atoms with Gasteiger partial charge in [-0.05, 0) is 31.4 Å². The number of nitrogens with zero attached hydrogens (tertiary/aromatic N) is 2. The molecule has 0 spiro atoms. The van der Waals surface area contributed by atoms with Crippen molar-refractivity contribution in [1.29, 1.82) is 0 Å². The van der Waals surface area contributed by atoms with E-state index in [4.69, 9.17) is 5.73 Å². The highest BCUT2D eigenvalue weighted by Crippen LogP contribution is 2.53. The van der Waals surface area contributed by atoms with Gasteiger partial charge in [0, 0.05) is 24.2 Å². The summed E-state index contributed by atoms with van der Waals surface area (Å²) in [6.45, 7) is 2.52. The van der Waals surface area contributed by atoms with E-state index < -0.39 is 0 Å². The molecule has 2 fully saturated rings. The average molecular weight is 287 g/mol. The highest BCUT2D eigenvalue weighted by atomic mass is 16.2. The van der Waals surface area contributed by atoms with Crippen molar-refractivity contribution in [2.75, 3.05) is 25.0 Å². The maximum atomic E-state index is 11.9. The molecule has 1 saturated carbocycles. The molecule has 2 N–H and O–H groups in total. The molecule has 21 heavy (non-hydrogen) atoms. The number of likely N-dealkylation sites (N-methyl/N-ethyl adjacent to an activating group) is 1. The smallest absolute Gasteiger partial charge is 0.248 e. The lowest BCUT2D eigenvalue weighted by molar-refractivity contribution is -0.143. The minimum absolute atomic E-state index is 0.00599. The summed E-state index contributed by atoms with van der Waals surface area (Å²) in [7, 11) is 1.54. The molecule has 5 heteroatoms. The van der Waals surface area contributed by atoms with Gasteiger partial charge in [-0.15, -0.1) is 0 Å². The molecule has 0 radical (unpaired) electrons. The molecule has 2 amide bonds. The Morgan fingerprint density at radius 2 is 1.71 bits per heavy atom. The van der Waals surface area contributed by atoms with E-state index in [-0.39, 0.29) is 36.4 Å². The number of amides is 2. The Balaban J connectivity index is 1.97. The summed E-state index contributed by atoms with van der Waals surface area (Å²) in [5.41, 5.74) is 8.33. The largest absolute Gasteiger partial charge is 0.353 e. The van der Waals surface area contributed by atoms with Gasteiger partial charge in [-0.2, -0.15) is 0 Å². The lowest BCUT2D eigenvalue weighted by Gasteiger charge is -2.35. The fourth-order valence-electron chi connectivity index (χ4n) is 3.18. The van der Waals surface area contributed by atoms with Crippen LogP contribution < -0.4 is 10.6 Å². The molecule has 1 aromatic rings. The number of anilines is 1. The number of carbonyl (C=O) groups is 2. The predicted octanol–water partition coefficient (Wildman–Crippen LogP) is 0.870. The molecule has 1 saturated heterocycles. The number of piperazine rings is 1. The summed E-state index contributed by atoms with van der Waals surface area (Å²) < 4.78 is 0. The van der Waals surface area contributed by atoms with Crippen LogP contribution in [0.15, 0.2) is 24.3 Å². The number of imide groups is 1. The molecule has 1 aliphatic carbocycles. The number of benzene rings is 1. The Morgan fingerprint density at radius 3 is 2.24 bits per heavy atom. The summed E-state index contributed by atoms with van der Waals surface area (Å²) in [6.07, 6.45) is 2.13. The summed E-state index contributed by atoms with van der Waals surface area (Å²) >= 11 is 0. The van der Waals surface area contributed by atoms with Crippen molar-refractivity contribution in [3.63, 3.8) is 0 Å². The molecule has 1 atom stereocenters. The van der Waals surface area contributed by atoms with Crippen molar-refractivity contribution < 1.29 is 9.59 Å². The first-order chi connectivity index (χ1) is 9.95. The summed E-state index contributed by atoms with van der Waals surface area (Å²) in [6, 6.07) is 8.09. The van der Waals surface area contributed by atoms with Crippen molar-refractivity contribution in [1.82, 2.24) is 4.90 Å². The Labute approximate surface area is 124 Å². The third kappa shape index (κ3) is 2.21. The lowest BCUT2D eigenvalue weighted by atomic mass is 9.87. The van der Waals surface area contributed by atoms with E-state index in [1.807, 2.05) is 30.0 Å². The van der Waals surface area contributed by atoms with Crippen LogP contribution in [0.5, 0.6) is 0 Å².